The molecule has 1 saturated heterocycles. The van der Waals surface area contributed by atoms with E-state index in [0.717, 1.165) is 45.2 Å². The van der Waals surface area contributed by atoms with Crippen LogP contribution in [0.4, 0.5) is 0 Å². The summed E-state index contributed by atoms with van der Waals surface area (Å²) in [5, 5.41) is 3.37. The van der Waals surface area contributed by atoms with E-state index in [2.05, 4.69) is 19.2 Å². The van der Waals surface area contributed by atoms with E-state index in [4.69, 9.17) is 4.74 Å². The average molecular weight is 283 g/mol. The van der Waals surface area contributed by atoms with Gasteiger partial charge in [0.15, 0.2) is 0 Å². The van der Waals surface area contributed by atoms with E-state index >= 15 is 0 Å². The van der Waals surface area contributed by atoms with Crippen LogP contribution in [-0.4, -0.2) is 25.7 Å². The molecule has 0 bridgehead atoms. The number of esters is 1. The summed E-state index contributed by atoms with van der Waals surface area (Å²) < 4.78 is 5.57. The van der Waals surface area contributed by atoms with Crippen molar-refractivity contribution in [3.8, 4) is 0 Å². The molecule has 20 heavy (non-hydrogen) atoms. The number of unbranched alkanes of at least 4 members (excludes halogenated alkanes) is 5. The van der Waals surface area contributed by atoms with Crippen LogP contribution in [-0.2, 0) is 9.53 Å². The lowest BCUT2D eigenvalue weighted by atomic mass is 9.77. The zero-order valence-electron chi connectivity index (χ0n) is 13.5. The van der Waals surface area contributed by atoms with Crippen LogP contribution >= 0.6 is 0 Å². The van der Waals surface area contributed by atoms with Gasteiger partial charge in [-0.1, -0.05) is 52.4 Å². The van der Waals surface area contributed by atoms with Gasteiger partial charge in [0.25, 0.3) is 0 Å². The maximum Gasteiger partial charge on any atom is 0.313 e. The van der Waals surface area contributed by atoms with Gasteiger partial charge in [-0.15, -0.1) is 0 Å². The fraction of sp³-hybridized carbons (Fsp3) is 0.941. The summed E-state index contributed by atoms with van der Waals surface area (Å²) in [6.45, 7) is 6.83. The summed E-state index contributed by atoms with van der Waals surface area (Å²) in [7, 11) is 0. The quantitative estimate of drug-likeness (QED) is 0.485. The van der Waals surface area contributed by atoms with Gasteiger partial charge in [0.2, 0.25) is 0 Å². The number of hydrogen-bond acceptors (Lipinski definition) is 3. The van der Waals surface area contributed by atoms with Crippen molar-refractivity contribution in [3.63, 3.8) is 0 Å². The zero-order chi connectivity index (χ0) is 14.7. The standard InChI is InChI=1S/C17H33NO2/c1-3-5-6-7-8-9-14-20-16(19)17(11-4-2)12-10-13-18-15-17/h18H,3-15H2,1-2H3. The molecule has 0 radical (unpaired) electrons. The summed E-state index contributed by atoms with van der Waals surface area (Å²) >= 11 is 0. The van der Waals surface area contributed by atoms with E-state index < -0.39 is 0 Å². The van der Waals surface area contributed by atoms with Gasteiger partial charge in [0, 0.05) is 6.54 Å². The van der Waals surface area contributed by atoms with E-state index in [-0.39, 0.29) is 11.4 Å². The summed E-state index contributed by atoms with van der Waals surface area (Å²) in [4.78, 5) is 12.4. The molecule has 0 saturated carbocycles. The van der Waals surface area contributed by atoms with Gasteiger partial charge < -0.3 is 10.1 Å². The molecule has 1 unspecified atom stereocenters. The van der Waals surface area contributed by atoms with Crippen LogP contribution in [0, 0.1) is 5.41 Å². The molecule has 1 N–H and O–H groups in total. The van der Waals surface area contributed by atoms with E-state index in [0.29, 0.717) is 6.61 Å². The van der Waals surface area contributed by atoms with Crippen LogP contribution in [0.25, 0.3) is 0 Å². The molecule has 1 atom stereocenters. The first-order valence-electron chi connectivity index (χ1n) is 8.63. The molecule has 0 aromatic rings. The minimum absolute atomic E-state index is 0.0418. The van der Waals surface area contributed by atoms with Crippen LogP contribution in [0.3, 0.4) is 0 Å². The van der Waals surface area contributed by atoms with Crippen LogP contribution in [0.5, 0.6) is 0 Å². The lowest BCUT2D eigenvalue weighted by Crippen LogP contribution is -2.46. The average Bonchev–Trinajstić information content (AvgIpc) is 2.47. The van der Waals surface area contributed by atoms with Gasteiger partial charge in [-0.05, 0) is 32.2 Å². The molecular formula is C17H33NO2. The SMILES string of the molecule is CCCCCCCCOC(=O)C1(CCC)CCCNC1. The lowest BCUT2D eigenvalue weighted by Gasteiger charge is -2.35. The van der Waals surface area contributed by atoms with Gasteiger partial charge in [0.1, 0.15) is 0 Å². The number of nitrogens with one attached hydrogen (secondary N) is 1. The molecule has 1 heterocycles. The van der Waals surface area contributed by atoms with Crippen molar-refractivity contribution >= 4 is 5.97 Å². The Kier molecular flexibility index (Phi) is 8.92. The molecule has 1 aliphatic heterocycles. The van der Waals surface area contributed by atoms with E-state index in [1.165, 1.54) is 32.1 Å². The molecule has 0 aromatic heterocycles. The Morgan fingerprint density at radius 3 is 2.50 bits per heavy atom. The maximum absolute atomic E-state index is 12.4. The third kappa shape index (κ3) is 5.82. The largest absolute Gasteiger partial charge is 0.465 e. The van der Waals surface area contributed by atoms with Crippen LogP contribution in [0.2, 0.25) is 0 Å². The highest BCUT2D eigenvalue weighted by Gasteiger charge is 2.39. The maximum atomic E-state index is 12.4. The fourth-order valence-corrected chi connectivity index (χ4v) is 3.14. The predicted molar refractivity (Wildman–Crippen MR) is 83.8 cm³/mol. The van der Waals surface area contributed by atoms with Crippen molar-refractivity contribution in [2.24, 2.45) is 5.41 Å². The highest BCUT2D eigenvalue weighted by Crippen LogP contribution is 2.33. The van der Waals surface area contributed by atoms with E-state index in [1.54, 1.807) is 0 Å². The Bertz CT molecular complexity index is 254. The first-order chi connectivity index (χ1) is 9.75. The van der Waals surface area contributed by atoms with Crippen molar-refractivity contribution in [1.82, 2.24) is 5.32 Å². The van der Waals surface area contributed by atoms with Gasteiger partial charge in [0.05, 0.1) is 12.0 Å². The third-order valence-electron chi connectivity index (χ3n) is 4.36. The zero-order valence-corrected chi connectivity index (χ0v) is 13.5. The third-order valence-corrected chi connectivity index (χ3v) is 4.36. The predicted octanol–water partition coefficient (Wildman–Crippen LogP) is 4.06. The molecule has 0 spiro atoms. The summed E-state index contributed by atoms with van der Waals surface area (Å²) in [5.41, 5.74) is -0.241. The molecule has 0 amide bonds. The first-order valence-corrected chi connectivity index (χ1v) is 8.63. The smallest absolute Gasteiger partial charge is 0.313 e. The van der Waals surface area contributed by atoms with Crippen molar-refractivity contribution < 1.29 is 9.53 Å². The molecule has 0 aliphatic carbocycles. The lowest BCUT2D eigenvalue weighted by molar-refractivity contribution is -0.157. The first kappa shape index (κ1) is 17.5. The summed E-state index contributed by atoms with van der Waals surface area (Å²) in [6.07, 6.45) is 11.5. The molecule has 1 fully saturated rings. The van der Waals surface area contributed by atoms with Crippen molar-refractivity contribution in [2.45, 2.75) is 78.1 Å². The Morgan fingerprint density at radius 1 is 1.10 bits per heavy atom. The molecule has 1 aliphatic rings. The van der Waals surface area contributed by atoms with Crippen LogP contribution in [0.1, 0.15) is 78.1 Å². The Hall–Kier alpha value is -0.570. The topological polar surface area (TPSA) is 38.3 Å². The summed E-state index contributed by atoms with van der Waals surface area (Å²) in [6, 6.07) is 0. The van der Waals surface area contributed by atoms with Crippen molar-refractivity contribution in [1.29, 1.82) is 0 Å². The van der Waals surface area contributed by atoms with E-state index in [9.17, 15) is 4.79 Å². The molecular weight excluding hydrogens is 250 g/mol. The van der Waals surface area contributed by atoms with Gasteiger partial charge in [-0.25, -0.2) is 0 Å². The van der Waals surface area contributed by atoms with Crippen molar-refractivity contribution in [3.05, 3.63) is 0 Å². The number of hydrogen-bond donors (Lipinski definition) is 1. The van der Waals surface area contributed by atoms with E-state index in [1.807, 2.05) is 0 Å². The van der Waals surface area contributed by atoms with Gasteiger partial charge in [-0.2, -0.15) is 0 Å². The Balaban J connectivity index is 2.21. The minimum Gasteiger partial charge on any atom is -0.465 e. The van der Waals surface area contributed by atoms with Gasteiger partial charge >= 0.3 is 5.97 Å². The second kappa shape index (κ2) is 10.2. The number of rotatable bonds is 10. The Labute approximate surface area is 124 Å². The second-order valence-electron chi connectivity index (χ2n) is 6.21. The number of carbonyl (C=O) groups is 1. The highest BCUT2D eigenvalue weighted by molar-refractivity contribution is 5.77. The highest BCUT2D eigenvalue weighted by atomic mass is 16.5. The molecule has 0 aromatic carbocycles. The number of piperidine rings is 1. The van der Waals surface area contributed by atoms with Crippen molar-refractivity contribution in [2.75, 3.05) is 19.7 Å². The second-order valence-corrected chi connectivity index (χ2v) is 6.21. The Morgan fingerprint density at radius 2 is 1.85 bits per heavy atom. The normalized spacial score (nSPS) is 22.7. The number of ether oxygens (including phenoxy) is 1. The van der Waals surface area contributed by atoms with Crippen LogP contribution in [0.15, 0.2) is 0 Å². The molecule has 1 rings (SSSR count). The monoisotopic (exact) mass is 283 g/mol. The summed E-state index contributed by atoms with van der Waals surface area (Å²) in [5.74, 6) is 0.0418. The number of carbonyl (C=O) groups excluding carboxylic acids is 1. The molecule has 3 heteroatoms. The fourth-order valence-electron chi connectivity index (χ4n) is 3.14. The molecule has 3 nitrogen and oxygen atoms in total. The van der Waals surface area contributed by atoms with Crippen LogP contribution < -0.4 is 5.32 Å². The molecule has 118 valence electrons. The van der Waals surface area contributed by atoms with Gasteiger partial charge in [-0.3, -0.25) is 4.79 Å². The minimum atomic E-state index is -0.241.